The van der Waals surface area contributed by atoms with Crippen molar-refractivity contribution in [3.05, 3.63) is 59.2 Å². The highest BCUT2D eigenvalue weighted by molar-refractivity contribution is 5.55. The van der Waals surface area contributed by atoms with Gasteiger partial charge in [0, 0.05) is 12.0 Å². The number of methoxy groups -OCH3 is 2. The number of aliphatic hydroxyl groups is 1. The molecule has 0 saturated heterocycles. The van der Waals surface area contributed by atoms with Crippen molar-refractivity contribution in [1.29, 1.82) is 0 Å². The maximum absolute atomic E-state index is 10.4. The van der Waals surface area contributed by atoms with Gasteiger partial charge < -0.3 is 20.3 Å². The lowest BCUT2D eigenvalue weighted by molar-refractivity contribution is 0.154. The molecule has 0 heterocycles. The molecular formula is C17H19NO3. The van der Waals surface area contributed by atoms with E-state index < -0.39 is 6.10 Å². The number of nitrogens with two attached hydrogens (primary N) is 1. The van der Waals surface area contributed by atoms with Gasteiger partial charge in [0.25, 0.3) is 0 Å². The summed E-state index contributed by atoms with van der Waals surface area (Å²) in [7, 11) is 3.19. The fraction of sp³-hybridized carbons (Fsp3) is 0.294. The zero-order valence-corrected chi connectivity index (χ0v) is 12.1. The third-order valence-electron chi connectivity index (χ3n) is 4.15. The Labute approximate surface area is 124 Å². The van der Waals surface area contributed by atoms with E-state index in [2.05, 4.69) is 0 Å². The lowest BCUT2D eigenvalue weighted by atomic mass is 9.90. The van der Waals surface area contributed by atoms with Crippen LogP contribution in [-0.2, 0) is 0 Å². The summed E-state index contributed by atoms with van der Waals surface area (Å²) in [4.78, 5) is 0. The van der Waals surface area contributed by atoms with Crippen LogP contribution in [0.5, 0.6) is 11.5 Å². The minimum absolute atomic E-state index is 0.0454. The summed E-state index contributed by atoms with van der Waals surface area (Å²) >= 11 is 0. The summed E-state index contributed by atoms with van der Waals surface area (Å²) in [5.41, 5.74) is 9.16. The van der Waals surface area contributed by atoms with Crippen LogP contribution in [0.3, 0.4) is 0 Å². The predicted molar refractivity (Wildman–Crippen MR) is 80.8 cm³/mol. The molecule has 0 spiro atoms. The summed E-state index contributed by atoms with van der Waals surface area (Å²) in [5.74, 6) is 1.21. The standard InChI is InChI=1S/C17H19NO3/c1-20-13-8-11-12(9-14(13)21-2)17(19)16(18)15(11)10-6-4-3-5-7-10/h3-9,15-17,19H,18H2,1-2H3. The second-order valence-electron chi connectivity index (χ2n) is 5.25. The predicted octanol–water partition coefficient (Wildman–Crippen LogP) is 2.21. The smallest absolute Gasteiger partial charge is 0.161 e. The Balaban J connectivity index is 2.16. The number of ether oxygens (including phenoxy) is 2. The Morgan fingerprint density at radius 3 is 2.10 bits per heavy atom. The van der Waals surface area contributed by atoms with Gasteiger partial charge in [-0.1, -0.05) is 30.3 Å². The molecule has 2 aromatic carbocycles. The molecule has 110 valence electrons. The number of fused-ring (bicyclic) bond motifs is 1. The van der Waals surface area contributed by atoms with Crippen LogP contribution in [0.2, 0.25) is 0 Å². The first-order chi connectivity index (χ1) is 10.2. The number of aliphatic hydroxyl groups excluding tert-OH is 1. The maximum atomic E-state index is 10.4. The Kier molecular flexibility index (Phi) is 3.57. The molecule has 0 amide bonds. The van der Waals surface area contributed by atoms with Crippen molar-refractivity contribution < 1.29 is 14.6 Å². The van der Waals surface area contributed by atoms with Gasteiger partial charge in [-0.3, -0.25) is 0 Å². The number of benzene rings is 2. The van der Waals surface area contributed by atoms with Crippen molar-refractivity contribution in [1.82, 2.24) is 0 Å². The Bertz CT molecular complexity index is 642. The molecule has 4 heteroatoms. The van der Waals surface area contributed by atoms with Crippen molar-refractivity contribution in [2.75, 3.05) is 14.2 Å². The van der Waals surface area contributed by atoms with E-state index in [9.17, 15) is 5.11 Å². The quantitative estimate of drug-likeness (QED) is 0.907. The van der Waals surface area contributed by atoms with Crippen LogP contribution >= 0.6 is 0 Å². The topological polar surface area (TPSA) is 64.7 Å². The monoisotopic (exact) mass is 285 g/mol. The average molecular weight is 285 g/mol. The SMILES string of the molecule is COc1cc2c(cc1OC)C(c1ccccc1)C(N)C2O. The zero-order chi connectivity index (χ0) is 15.0. The Hall–Kier alpha value is -2.04. The van der Waals surface area contributed by atoms with Crippen molar-refractivity contribution in [2.45, 2.75) is 18.1 Å². The van der Waals surface area contributed by atoms with Crippen molar-refractivity contribution >= 4 is 0 Å². The van der Waals surface area contributed by atoms with Gasteiger partial charge in [-0.15, -0.1) is 0 Å². The highest BCUT2D eigenvalue weighted by Crippen LogP contribution is 2.47. The van der Waals surface area contributed by atoms with Gasteiger partial charge in [-0.25, -0.2) is 0 Å². The van der Waals surface area contributed by atoms with Crippen molar-refractivity contribution in [3.8, 4) is 11.5 Å². The van der Waals surface area contributed by atoms with Crippen molar-refractivity contribution in [2.24, 2.45) is 5.73 Å². The first-order valence-electron chi connectivity index (χ1n) is 6.91. The van der Waals surface area contributed by atoms with Gasteiger partial charge in [0.1, 0.15) is 0 Å². The van der Waals surface area contributed by atoms with Crippen LogP contribution in [0, 0.1) is 0 Å². The van der Waals surface area contributed by atoms with Gasteiger partial charge in [-0.05, 0) is 28.8 Å². The Morgan fingerprint density at radius 2 is 1.52 bits per heavy atom. The van der Waals surface area contributed by atoms with Gasteiger partial charge in [0.2, 0.25) is 0 Å². The third kappa shape index (κ3) is 2.17. The molecular weight excluding hydrogens is 266 g/mol. The number of hydrogen-bond donors (Lipinski definition) is 2. The summed E-state index contributed by atoms with van der Waals surface area (Å²) < 4.78 is 10.7. The summed E-state index contributed by atoms with van der Waals surface area (Å²) in [6.07, 6.45) is -0.704. The van der Waals surface area contributed by atoms with E-state index in [4.69, 9.17) is 15.2 Å². The number of rotatable bonds is 3. The highest BCUT2D eigenvalue weighted by atomic mass is 16.5. The summed E-state index contributed by atoms with van der Waals surface area (Å²) in [6.45, 7) is 0. The molecule has 2 aromatic rings. The minimum atomic E-state index is -0.704. The van der Waals surface area contributed by atoms with Crippen LogP contribution in [0.25, 0.3) is 0 Å². The second-order valence-corrected chi connectivity index (χ2v) is 5.25. The molecule has 4 nitrogen and oxygen atoms in total. The van der Waals surface area contributed by atoms with Gasteiger partial charge >= 0.3 is 0 Å². The van der Waals surface area contributed by atoms with E-state index in [1.807, 2.05) is 42.5 Å². The maximum Gasteiger partial charge on any atom is 0.161 e. The Morgan fingerprint density at radius 1 is 0.952 bits per heavy atom. The molecule has 0 fully saturated rings. The fourth-order valence-electron chi connectivity index (χ4n) is 3.10. The first kappa shape index (κ1) is 13.9. The largest absolute Gasteiger partial charge is 0.493 e. The molecule has 3 rings (SSSR count). The molecule has 1 aliphatic rings. The summed E-state index contributed by atoms with van der Waals surface area (Å²) in [6, 6.07) is 13.4. The van der Waals surface area contributed by atoms with E-state index in [-0.39, 0.29) is 12.0 Å². The molecule has 3 atom stereocenters. The van der Waals surface area contributed by atoms with Crippen LogP contribution in [0.15, 0.2) is 42.5 Å². The fourth-order valence-corrected chi connectivity index (χ4v) is 3.10. The second kappa shape index (κ2) is 5.39. The van der Waals surface area contributed by atoms with E-state index >= 15 is 0 Å². The van der Waals surface area contributed by atoms with Crippen LogP contribution in [0.1, 0.15) is 28.7 Å². The lowest BCUT2D eigenvalue weighted by Crippen LogP contribution is -2.29. The van der Waals surface area contributed by atoms with E-state index in [1.165, 1.54) is 0 Å². The molecule has 1 aliphatic carbocycles. The average Bonchev–Trinajstić information content (AvgIpc) is 2.78. The van der Waals surface area contributed by atoms with Gasteiger partial charge in [0.15, 0.2) is 11.5 Å². The molecule has 0 saturated carbocycles. The molecule has 0 bridgehead atoms. The van der Waals surface area contributed by atoms with E-state index in [0.717, 1.165) is 16.7 Å². The van der Waals surface area contributed by atoms with E-state index in [1.54, 1.807) is 14.2 Å². The normalized spacial score (nSPS) is 23.7. The van der Waals surface area contributed by atoms with Gasteiger partial charge in [0.05, 0.1) is 20.3 Å². The first-order valence-corrected chi connectivity index (χ1v) is 6.91. The molecule has 3 unspecified atom stereocenters. The van der Waals surface area contributed by atoms with Crippen LogP contribution < -0.4 is 15.2 Å². The molecule has 21 heavy (non-hydrogen) atoms. The highest BCUT2D eigenvalue weighted by Gasteiger charge is 2.39. The van der Waals surface area contributed by atoms with Crippen molar-refractivity contribution in [3.63, 3.8) is 0 Å². The summed E-state index contributed by atoms with van der Waals surface area (Å²) in [5, 5.41) is 10.4. The van der Waals surface area contributed by atoms with Crippen LogP contribution in [-0.4, -0.2) is 25.4 Å². The van der Waals surface area contributed by atoms with E-state index in [0.29, 0.717) is 11.5 Å². The van der Waals surface area contributed by atoms with Crippen LogP contribution in [0.4, 0.5) is 0 Å². The third-order valence-corrected chi connectivity index (χ3v) is 4.15. The molecule has 0 radical (unpaired) electrons. The molecule has 0 aliphatic heterocycles. The lowest BCUT2D eigenvalue weighted by Gasteiger charge is -2.19. The number of hydrogen-bond acceptors (Lipinski definition) is 4. The van der Waals surface area contributed by atoms with Gasteiger partial charge in [-0.2, -0.15) is 0 Å². The molecule has 3 N–H and O–H groups in total. The molecule has 0 aromatic heterocycles. The minimum Gasteiger partial charge on any atom is -0.493 e. The zero-order valence-electron chi connectivity index (χ0n) is 12.1.